The Bertz CT molecular complexity index is 499. The number of hydrogen-bond donors (Lipinski definition) is 1. The third-order valence-corrected chi connectivity index (χ3v) is 3.65. The zero-order valence-corrected chi connectivity index (χ0v) is 12.1. The maximum atomic E-state index is 4.38. The monoisotopic (exact) mass is 257 g/mol. The minimum absolute atomic E-state index is 0.499. The summed E-state index contributed by atoms with van der Waals surface area (Å²) in [5.41, 5.74) is 2.71. The van der Waals surface area contributed by atoms with Crippen LogP contribution in [0, 0.1) is 6.92 Å². The molecular weight excluding hydrogens is 234 g/mol. The standard InChI is InChI=1S/C16H23N3/c1-13-4-6-14(7-5-13)12-15(17-2)8-9-16-18-10-11-19(16)3/h4-7,10-11,15,17H,8-9,12H2,1-3H3. The minimum atomic E-state index is 0.499. The zero-order valence-electron chi connectivity index (χ0n) is 12.1. The van der Waals surface area contributed by atoms with E-state index in [-0.39, 0.29) is 0 Å². The summed E-state index contributed by atoms with van der Waals surface area (Å²) in [5.74, 6) is 1.16. The van der Waals surface area contributed by atoms with E-state index in [0.717, 1.165) is 25.1 Å². The van der Waals surface area contributed by atoms with Crippen LogP contribution in [0.4, 0.5) is 0 Å². The van der Waals surface area contributed by atoms with Gasteiger partial charge in [0.15, 0.2) is 0 Å². The number of aryl methyl sites for hydroxylation is 3. The van der Waals surface area contributed by atoms with E-state index in [1.54, 1.807) is 0 Å². The number of nitrogens with one attached hydrogen (secondary N) is 1. The van der Waals surface area contributed by atoms with E-state index in [4.69, 9.17) is 0 Å². The molecule has 0 amide bonds. The number of hydrogen-bond acceptors (Lipinski definition) is 2. The Morgan fingerprint density at radius 1 is 1.26 bits per heavy atom. The molecular formula is C16H23N3. The number of imidazole rings is 1. The van der Waals surface area contributed by atoms with Crippen LogP contribution in [0.1, 0.15) is 23.4 Å². The fraction of sp³-hybridized carbons (Fsp3) is 0.438. The van der Waals surface area contributed by atoms with E-state index in [1.807, 2.05) is 19.4 Å². The van der Waals surface area contributed by atoms with Gasteiger partial charge in [0, 0.05) is 31.9 Å². The van der Waals surface area contributed by atoms with E-state index < -0.39 is 0 Å². The molecule has 0 saturated carbocycles. The van der Waals surface area contributed by atoms with Crippen molar-refractivity contribution < 1.29 is 0 Å². The van der Waals surface area contributed by atoms with E-state index in [9.17, 15) is 0 Å². The van der Waals surface area contributed by atoms with Gasteiger partial charge in [-0.3, -0.25) is 0 Å². The number of benzene rings is 1. The first-order valence-electron chi connectivity index (χ1n) is 6.88. The Balaban J connectivity index is 1.90. The summed E-state index contributed by atoms with van der Waals surface area (Å²) in [4.78, 5) is 4.38. The lowest BCUT2D eigenvalue weighted by Gasteiger charge is -2.16. The Labute approximate surface area is 115 Å². The largest absolute Gasteiger partial charge is 0.338 e. The summed E-state index contributed by atoms with van der Waals surface area (Å²) in [5, 5.41) is 3.41. The van der Waals surface area contributed by atoms with Crippen LogP contribution in [0.5, 0.6) is 0 Å². The van der Waals surface area contributed by atoms with Gasteiger partial charge in [0.1, 0.15) is 5.82 Å². The maximum Gasteiger partial charge on any atom is 0.108 e. The van der Waals surface area contributed by atoms with Crippen LogP contribution < -0.4 is 5.32 Å². The van der Waals surface area contributed by atoms with Gasteiger partial charge in [-0.25, -0.2) is 4.98 Å². The van der Waals surface area contributed by atoms with Crippen molar-refractivity contribution in [1.82, 2.24) is 14.9 Å². The summed E-state index contributed by atoms with van der Waals surface area (Å²) < 4.78 is 2.10. The molecule has 1 atom stereocenters. The van der Waals surface area contributed by atoms with Gasteiger partial charge in [-0.05, 0) is 32.4 Å². The van der Waals surface area contributed by atoms with Crippen molar-refractivity contribution in [3.05, 3.63) is 53.6 Å². The smallest absolute Gasteiger partial charge is 0.108 e. The lowest BCUT2D eigenvalue weighted by atomic mass is 10.0. The number of likely N-dealkylation sites (N-methyl/N-ethyl adjacent to an activating group) is 1. The molecule has 3 nitrogen and oxygen atoms in total. The van der Waals surface area contributed by atoms with Crippen LogP contribution in [0.2, 0.25) is 0 Å². The molecule has 0 aliphatic heterocycles. The fourth-order valence-electron chi connectivity index (χ4n) is 2.30. The predicted molar refractivity (Wildman–Crippen MR) is 79.3 cm³/mol. The summed E-state index contributed by atoms with van der Waals surface area (Å²) in [6, 6.07) is 9.31. The highest BCUT2D eigenvalue weighted by Crippen LogP contribution is 2.10. The molecule has 0 aliphatic carbocycles. The van der Waals surface area contributed by atoms with Gasteiger partial charge in [0.2, 0.25) is 0 Å². The molecule has 3 heteroatoms. The molecule has 0 radical (unpaired) electrons. The van der Waals surface area contributed by atoms with Crippen LogP contribution in [-0.4, -0.2) is 22.6 Å². The Hall–Kier alpha value is -1.61. The summed E-state index contributed by atoms with van der Waals surface area (Å²) in [6.45, 7) is 2.13. The van der Waals surface area contributed by atoms with E-state index in [1.165, 1.54) is 11.1 Å². The second kappa shape index (κ2) is 6.53. The van der Waals surface area contributed by atoms with E-state index in [2.05, 4.69) is 53.1 Å². The first-order chi connectivity index (χ1) is 9.19. The predicted octanol–water partition coefficient (Wildman–Crippen LogP) is 2.49. The van der Waals surface area contributed by atoms with Gasteiger partial charge in [-0.2, -0.15) is 0 Å². The Morgan fingerprint density at radius 2 is 2.00 bits per heavy atom. The van der Waals surface area contributed by atoms with E-state index in [0.29, 0.717) is 6.04 Å². The summed E-state index contributed by atoms with van der Waals surface area (Å²) in [6.07, 6.45) is 7.06. The van der Waals surface area contributed by atoms with Crippen molar-refractivity contribution >= 4 is 0 Å². The number of nitrogens with zero attached hydrogens (tertiary/aromatic N) is 2. The molecule has 102 valence electrons. The first kappa shape index (κ1) is 13.8. The molecule has 0 spiro atoms. The third-order valence-electron chi connectivity index (χ3n) is 3.65. The van der Waals surface area contributed by atoms with Crippen LogP contribution in [0.25, 0.3) is 0 Å². The van der Waals surface area contributed by atoms with Crippen LogP contribution in [-0.2, 0) is 19.9 Å². The molecule has 0 aliphatic rings. The van der Waals surface area contributed by atoms with Crippen molar-refractivity contribution in [2.45, 2.75) is 32.2 Å². The molecule has 1 heterocycles. The highest BCUT2D eigenvalue weighted by atomic mass is 15.0. The lowest BCUT2D eigenvalue weighted by molar-refractivity contribution is 0.510. The van der Waals surface area contributed by atoms with Crippen molar-refractivity contribution in [1.29, 1.82) is 0 Å². The minimum Gasteiger partial charge on any atom is -0.338 e. The van der Waals surface area contributed by atoms with Gasteiger partial charge < -0.3 is 9.88 Å². The van der Waals surface area contributed by atoms with Gasteiger partial charge in [0.05, 0.1) is 0 Å². The van der Waals surface area contributed by atoms with Crippen LogP contribution >= 0.6 is 0 Å². The first-order valence-corrected chi connectivity index (χ1v) is 6.88. The van der Waals surface area contributed by atoms with Gasteiger partial charge in [-0.1, -0.05) is 29.8 Å². The molecule has 0 saturated heterocycles. The normalized spacial score (nSPS) is 12.6. The average molecular weight is 257 g/mol. The molecule has 0 bridgehead atoms. The van der Waals surface area contributed by atoms with Crippen molar-refractivity contribution in [2.24, 2.45) is 7.05 Å². The highest BCUT2D eigenvalue weighted by Gasteiger charge is 2.09. The number of aromatic nitrogens is 2. The maximum absolute atomic E-state index is 4.38. The zero-order chi connectivity index (χ0) is 13.7. The topological polar surface area (TPSA) is 29.9 Å². The Morgan fingerprint density at radius 3 is 2.58 bits per heavy atom. The second-order valence-corrected chi connectivity index (χ2v) is 5.17. The molecule has 0 fully saturated rings. The van der Waals surface area contributed by atoms with Crippen LogP contribution in [0.15, 0.2) is 36.7 Å². The van der Waals surface area contributed by atoms with Crippen molar-refractivity contribution in [3.8, 4) is 0 Å². The van der Waals surface area contributed by atoms with E-state index >= 15 is 0 Å². The Kier molecular flexibility index (Phi) is 4.74. The molecule has 1 unspecified atom stereocenters. The molecule has 1 aromatic heterocycles. The highest BCUT2D eigenvalue weighted by molar-refractivity contribution is 5.22. The van der Waals surface area contributed by atoms with Gasteiger partial charge >= 0.3 is 0 Å². The molecule has 1 aromatic carbocycles. The second-order valence-electron chi connectivity index (χ2n) is 5.17. The fourth-order valence-corrected chi connectivity index (χ4v) is 2.30. The van der Waals surface area contributed by atoms with Crippen LogP contribution in [0.3, 0.4) is 0 Å². The quantitative estimate of drug-likeness (QED) is 0.861. The SMILES string of the molecule is CNC(CCc1nccn1C)Cc1ccc(C)cc1. The summed E-state index contributed by atoms with van der Waals surface area (Å²) in [7, 11) is 4.09. The molecule has 2 rings (SSSR count). The lowest BCUT2D eigenvalue weighted by Crippen LogP contribution is -2.28. The summed E-state index contributed by atoms with van der Waals surface area (Å²) >= 11 is 0. The molecule has 2 aromatic rings. The van der Waals surface area contributed by atoms with Gasteiger partial charge in [-0.15, -0.1) is 0 Å². The van der Waals surface area contributed by atoms with Crippen molar-refractivity contribution in [3.63, 3.8) is 0 Å². The average Bonchev–Trinajstić information content (AvgIpc) is 2.82. The molecule has 19 heavy (non-hydrogen) atoms. The third kappa shape index (κ3) is 3.93. The number of rotatable bonds is 6. The van der Waals surface area contributed by atoms with Gasteiger partial charge in [0.25, 0.3) is 0 Å². The molecule has 1 N–H and O–H groups in total. The van der Waals surface area contributed by atoms with Crippen molar-refractivity contribution in [2.75, 3.05) is 7.05 Å².